The number of nitrogens with zero attached hydrogens (tertiary/aromatic N) is 1. The molecule has 1 aliphatic rings. The summed E-state index contributed by atoms with van der Waals surface area (Å²) in [6, 6.07) is 15.7. The molecule has 4 rings (SSSR count). The number of anilines is 1. The third kappa shape index (κ3) is 4.16. The first-order chi connectivity index (χ1) is 16.7. The number of carbonyl (C=O) groups excluding carboxylic acids is 2. The fourth-order valence-corrected chi connectivity index (χ4v) is 4.69. The second-order valence-electron chi connectivity index (χ2n) is 8.87. The van der Waals surface area contributed by atoms with Gasteiger partial charge in [0.25, 0.3) is 11.7 Å². The van der Waals surface area contributed by atoms with Crippen molar-refractivity contribution in [3.8, 4) is 11.5 Å². The van der Waals surface area contributed by atoms with E-state index in [0.29, 0.717) is 28.3 Å². The number of aryl methyl sites for hydroxylation is 4. The Labute approximate surface area is 205 Å². The molecule has 1 saturated heterocycles. The van der Waals surface area contributed by atoms with Gasteiger partial charge in [0.05, 0.1) is 25.8 Å². The molecule has 0 aliphatic carbocycles. The summed E-state index contributed by atoms with van der Waals surface area (Å²) in [6.45, 7) is 7.57. The first kappa shape index (κ1) is 24.1. The van der Waals surface area contributed by atoms with Gasteiger partial charge in [0.2, 0.25) is 0 Å². The summed E-state index contributed by atoms with van der Waals surface area (Å²) in [5, 5.41) is 11.5. The number of Topliss-reactive ketones (excluding diaryl/α,β-unsaturated/α-hetero) is 1. The average molecular weight is 472 g/mol. The molecule has 1 aliphatic heterocycles. The van der Waals surface area contributed by atoms with Crippen molar-refractivity contribution in [3.63, 3.8) is 0 Å². The summed E-state index contributed by atoms with van der Waals surface area (Å²) in [6.07, 6.45) is 0. The molecule has 1 heterocycles. The molecule has 0 saturated carbocycles. The molecule has 0 aromatic heterocycles. The van der Waals surface area contributed by atoms with Crippen molar-refractivity contribution in [2.75, 3.05) is 19.1 Å². The van der Waals surface area contributed by atoms with Crippen molar-refractivity contribution in [2.45, 2.75) is 33.7 Å². The Morgan fingerprint density at radius 3 is 2.26 bits per heavy atom. The van der Waals surface area contributed by atoms with Crippen molar-refractivity contribution in [1.29, 1.82) is 0 Å². The highest BCUT2D eigenvalue weighted by Crippen LogP contribution is 2.44. The van der Waals surface area contributed by atoms with E-state index in [2.05, 4.69) is 0 Å². The van der Waals surface area contributed by atoms with Gasteiger partial charge in [-0.2, -0.15) is 0 Å². The molecule has 1 fully saturated rings. The van der Waals surface area contributed by atoms with Gasteiger partial charge < -0.3 is 14.6 Å². The topological polar surface area (TPSA) is 76.1 Å². The molecule has 1 N–H and O–H groups in total. The van der Waals surface area contributed by atoms with Crippen molar-refractivity contribution in [3.05, 3.63) is 93.6 Å². The Bertz CT molecular complexity index is 1370. The van der Waals surface area contributed by atoms with E-state index in [1.807, 2.05) is 58.0 Å². The molecule has 3 aromatic carbocycles. The number of hydrogen-bond acceptors (Lipinski definition) is 5. The fourth-order valence-electron chi connectivity index (χ4n) is 4.69. The lowest BCUT2D eigenvalue weighted by atomic mass is 9.92. The molecule has 1 atom stereocenters. The minimum Gasteiger partial charge on any atom is -0.507 e. The Morgan fingerprint density at radius 1 is 0.857 bits per heavy atom. The minimum absolute atomic E-state index is 0.0379. The van der Waals surface area contributed by atoms with Crippen molar-refractivity contribution >= 4 is 23.1 Å². The number of rotatable bonds is 5. The van der Waals surface area contributed by atoms with Crippen molar-refractivity contribution in [1.82, 2.24) is 0 Å². The third-order valence-electron chi connectivity index (χ3n) is 6.46. The number of ketones is 1. The van der Waals surface area contributed by atoms with Crippen LogP contribution in [0.25, 0.3) is 5.76 Å². The van der Waals surface area contributed by atoms with Gasteiger partial charge in [0.1, 0.15) is 17.3 Å². The maximum absolute atomic E-state index is 13.5. The SMILES string of the molecule is COc1cccc(C2/C(=C(\O)c3cc(C)c(OC)cc3C)C(=O)C(=O)N2c2ccc(C)cc2C)c1. The number of amides is 1. The van der Waals surface area contributed by atoms with E-state index < -0.39 is 17.7 Å². The number of aliphatic hydroxyl groups is 1. The zero-order valence-corrected chi connectivity index (χ0v) is 20.8. The van der Waals surface area contributed by atoms with E-state index in [9.17, 15) is 14.7 Å². The summed E-state index contributed by atoms with van der Waals surface area (Å²) in [5.41, 5.74) is 5.24. The third-order valence-corrected chi connectivity index (χ3v) is 6.46. The van der Waals surface area contributed by atoms with Crippen LogP contribution in [0.15, 0.2) is 60.2 Å². The van der Waals surface area contributed by atoms with Crippen LogP contribution in [-0.4, -0.2) is 31.0 Å². The second kappa shape index (κ2) is 9.29. The fraction of sp³-hybridized carbons (Fsp3) is 0.241. The van der Waals surface area contributed by atoms with Crippen LogP contribution in [0.1, 0.15) is 39.4 Å². The number of ether oxygens (including phenoxy) is 2. The number of carbonyl (C=O) groups is 2. The van der Waals surface area contributed by atoms with E-state index in [-0.39, 0.29) is 11.3 Å². The number of aliphatic hydroxyl groups excluding tert-OH is 1. The van der Waals surface area contributed by atoms with Gasteiger partial charge >= 0.3 is 0 Å². The van der Waals surface area contributed by atoms with E-state index in [0.717, 1.165) is 22.3 Å². The molecular weight excluding hydrogens is 442 g/mol. The zero-order chi connectivity index (χ0) is 25.4. The van der Waals surface area contributed by atoms with Gasteiger partial charge in [-0.05, 0) is 80.3 Å². The first-order valence-corrected chi connectivity index (χ1v) is 11.4. The molecule has 3 aromatic rings. The lowest BCUT2D eigenvalue weighted by molar-refractivity contribution is -0.132. The normalized spacial score (nSPS) is 17.1. The van der Waals surface area contributed by atoms with Gasteiger partial charge in [-0.1, -0.05) is 29.8 Å². The second-order valence-corrected chi connectivity index (χ2v) is 8.87. The lowest BCUT2D eigenvalue weighted by Gasteiger charge is -2.27. The summed E-state index contributed by atoms with van der Waals surface area (Å²) in [5.74, 6) is -0.367. The van der Waals surface area contributed by atoms with E-state index >= 15 is 0 Å². The van der Waals surface area contributed by atoms with Crippen molar-refractivity contribution in [2.24, 2.45) is 0 Å². The molecular formula is C29H29NO5. The van der Waals surface area contributed by atoms with E-state index in [1.165, 1.54) is 4.90 Å². The van der Waals surface area contributed by atoms with Gasteiger partial charge in [-0.25, -0.2) is 0 Å². The lowest BCUT2D eigenvalue weighted by Crippen LogP contribution is -2.30. The highest BCUT2D eigenvalue weighted by Gasteiger charge is 2.47. The van der Waals surface area contributed by atoms with Gasteiger partial charge in [-0.15, -0.1) is 0 Å². The van der Waals surface area contributed by atoms with Crippen LogP contribution in [0.5, 0.6) is 11.5 Å². The smallest absolute Gasteiger partial charge is 0.300 e. The maximum Gasteiger partial charge on any atom is 0.300 e. The van der Waals surface area contributed by atoms with Crippen LogP contribution in [0.2, 0.25) is 0 Å². The van der Waals surface area contributed by atoms with Crippen LogP contribution in [0.4, 0.5) is 5.69 Å². The molecule has 0 bridgehead atoms. The summed E-state index contributed by atoms with van der Waals surface area (Å²) in [4.78, 5) is 28.4. The number of benzene rings is 3. The van der Waals surface area contributed by atoms with Gasteiger partial charge in [-0.3, -0.25) is 14.5 Å². The molecule has 0 radical (unpaired) electrons. The van der Waals surface area contributed by atoms with Crippen LogP contribution < -0.4 is 14.4 Å². The minimum atomic E-state index is -0.826. The maximum atomic E-state index is 13.5. The monoisotopic (exact) mass is 471 g/mol. The zero-order valence-electron chi connectivity index (χ0n) is 20.8. The number of hydrogen-bond donors (Lipinski definition) is 1. The molecule has 6 nitrogen and oxygen atoms in total. The molecule has 6 heteroatoms. The summed E-state index contributed by atoms with van der Waals surface area (Å²) in [7, 11) is 3.14. The predicted molar refractivity (Wildman–Crippen MR) is 136 cm³/mol. The Balaban J connectivity index is 2.01. The highest BCUT2D eigenvalue weighted by atomic mass is 16.5. The molecule has 0 spiro atoms. The standard InChI is InChI=1S/C29H29NO5/c1-16-10-11-23(18(3)12-16)30-26(20-8-7-9-21(15-20)34-5)25(28(32)29(30)33)27(31)22-13-19(4)24(35-6)14-17(22)2/h7-15,26,31H,1-6H3/b27-25+. The van der Waals surface area contributed by atoms with E-state index in [4.69, 9.17) is 9.47 Å². The summed E-state index contributed by atoms with van der Waals surface area (Å²) >= 11 is 0. The Morgan fingerprint density at radius 2 is 1.60 bits per heavy atom. The molecule has 1 amide bonds. The Hall–Kier alpha value is -4.06. The van der Waals surface area contributed by atoms with E-state index in [1.54, 1.807) is 38.5 Å². The van der Waals surface area contributed by atoms with Crippen LogP contribution in [-0.2, 0) is 9.59 Å². The quantitative estimate of drug-likeness (QED) is 0.299. The molecule has 1 unspecified atom stereocenters. The number of methoxy groups -OCH3 is 2. The van der Waals surface area contributed by atoms with Crippen LogP contribution in [0.3, 0.4) is 0 Å². The summed E-state index contributed by atoms with van der Waals surface area (Å²) < 4.78 is 10.8. The predicted octanol–water partition coefficient (Wildman–Crippen LogP) is 5.56. The first-order valence-electron chi connectivity index (χ1n) is 11.4. The molecule has 35 heavy (non-hydrogen) atoms. The van der Waals surface area contributed by atoms with Crippen LogP contribution >= 0.6 is 0 Å². The Kier molecular flexibility index (Phi) is 6.39. The van der Waals surface area contributed by atoms with Crippen LogP contribution in [0, 0.1) is 27.7 Å². The van der Waals surface area contributed by atoms with Gasteiger partial charge in [0, 0.05) is 11.3 Å². The highest BCUT2D eigenvalue weighted by molar-refractivity contribution is 6.51. The molecule has 180 valence electrons. The average Bonchev–Trinajstić information content (AvgIpc) is 3.10. The van der Waals surface area contributed by atoms with Gasteiger partial charge in [0.15, 0.2) is 0 Å². The van der Waals surface area contributed by atoms with Crippen molar-refractivity contribution < 1.29 is 24.2 Å². The largest absolute Gasteiger partial charge is 0.507 e.